The zero-order valence-corrected chi connectivity index (χ0v) is 22.3. The molecular weight excluding hydrogens is 492 g/mol. The number of aryl methyl sites for hydroxylation is 2. The van der Waals surface area contributed by atoms with Crippen LogP contribution in [-0.2, 0) is 22.4 Å². The molecule has 200 valence electrons. The first kappa shape index (κ1) is 26.4. The molecule has 2 aliphatic rings. The van der Waals surface area contributed by atoms with Crippen LogP contribution in [0.25, 0.3) is 11.1 Å². The number of carbonyl (C=O) groups is 2. The highest BCUT2D eigenvalue weighted by Gasteiger charge is 2.38. The number of fused-ring (bicyclic) bond motifs is 2. The van der Waals surface area contributed by atoms with Crippen LogP contribution >= 0.6 is 0 Å². The average Bonchev–Trinajstić information content (AvgIpc) is 2.96. The number of morpholine rings is 2. The lowest BCUT2D eigenvalue weighted by Crippen LogP contribution is -2.61. The lowest BCUT2D eigenvalue weighted by atomic mass is 9.98. The molecule has 2 amide bonds. The molecule has 2 bridgehead atoms. The van der Waals surface area contributed by atoms with Crippen LogP contribution < -0.4 is 4.74 Å². The summed E-state index contributed by atoms with van der Waals surface area (Å²) in [4.78, 5) is 34.4. The Morgan fingerprint density at radius 1 is 1.08 bits per heavy atom. The first-order valence-corrected chi connectivity index (χ1v) is 13.2. The Hall–Kier alpha value is -4.22. The van der Waals surface area contributed by atoms with E-state index in [0.29, 0.717) is 56.8 Å². The second-order valence-electron chi connectivity index (χ2n) is 10.1. The van der Waals surface area contributed by atoms with Crippen molar-refractivity contribution in [2.75, 3.05) is 33.3 Å². The molecule has 0 saturated carbocycles. The molecule has 0 N–H and O–H groups in total. The molecule has 2 fully saturated rings. The second kappa shape index (κ2) is 11.7. The van der Waals surface area contributed by atoms with Crippen LogP contribution in [0.4, 0.5) is 0 Å². The topological polar surface area (TPSA) is 95.8 Å². The lowest BCUT2D eigenvalue weighted by molar-refractivity contribution is -0.156. The fraction of sp³-hybridized carbons (Fsp3) is 0.355. The molecule has 39 heavy (non-hydrogen) atoms. The predicted octanol–water partition coefficient (Wildman–Crippen LogP) is 3.82. The average molecular weight is 525 g/mol. The number of methoxy groups -OCH3 is 1. The molecule has 2 unspecified atom stereocenters. The van der Waals surface area contributed by atoms with E-state index in [0.717, 1.165) is 27.8 Å². The molecule has 2 aliphatic heterocycles. The van der Waals surface area contributed by atoms with E-state index in [4.69, 9.17) is 14.7 Å². The molecule has 3 heterocycles. The van der Waals surface area contributed by atoms with E-state index in [-0.39, 0.29) is 24.0 Å². The zero-order valence-electron chi connectivity index (χ0n) is 22.3. The normalized spacial score (nSPS) is 18.4. The fourth-order valence-electron chi connectivity index (χ4n) is 5.40. The molecule has 0 spiro atoms. The van der Waals surface area contributed by atoms with Gasteiger partial charge in [-0.2, -0.15) is 5.26 Å². The zero-order chi connectivity index (χ0) is 27.4. The minimum absolute atomic E-state index is 0.0610. The van der Waals surface area contributed by atoms with Gasteiger partial charge in [0.05, 0.1) is 31.8 Å². The summed E-state index contributed by atoms with van der Waals surface area (Å²) in [6.45, 7) is 3.87. The summed E-state index contributed by atoms with van der Waals surface area (Å²) in [5, 5.41) is 9.10. The third-order valence-corrected chi connectivity index (χ3v) is 7.44. The number of nitriles is 1. The van der Waals surface area contributed by atoms with Gasteiger partial charge in [0.25, 0.3) is 5.91 Å². The number of pyridine rings is 1. The van der Waals surface area contributed by atoms with Gasteiger partial charge < -0.3 is 19.3 Å². The van der Waals surface area contributed by atoms with Crippen molar-refractivity contribution in [3.05, 3.63) is 83.2 Å². The van der Waals surface area contributed by atoms with E-state index in [1.165, 1.54) is 0 Å². The Labute approximate surface area is 228 Å². The summed E-state index contributed by atoms with van der Waals surface area (Å²) in [6.07, 6.45) is 4.56. The van der Waals surface area contributed by atoms with Gasteiger partial charge in [0.1, 0.15) is 5.75 Å². The van der Waals surface area contributed by atoms with Crippen molar-refractivity contribution >= 4 is 11.8 Å². The highest BCUT2D eigenvalue weighted by Crippen LogP contribution is 2.32. The van der Waals surface area contributed by atoms with Crippen molar-refractivity contribution in [1.29, 1.82) is 5.26 Å². The monoisotopic (exact) mass is 524 g/mol. The van der Waals surface area contributed by atoms with Gasteiger partial charge in [-0.1, -0.05) is 18.2 Å². The van der Waals surface area contributed by atoms with E-state index < -0.39 is 0 Å². The van der Waals surface area contributed by atoms with Crippen LogP contribution in [0.1, 0.15) is 33.5 Å². The second-order valence-corrected chi connectivity index (χ2v) is 10.1. The summed E-state index contributed by atoms with van der Waals surface area (Å²) in [6, 6.07) is 17.3. The van der Waals surface area contributed by atoms with Crippen LogP contribution in [0, 0.1) is 18.3 Å². The van der Waals surface area contributed by atoms with Gasteiger partial charge in [0, 0.05) is 56.1 Å². The molecule has 0 radical (unpaired) electrons. The highest BCUT2D eigenvalue weighted by molar-refractivity contribution is 5.96. The SMILES string of the molecule is COc1ccc(CC#N)cc1-c1cccc(C(=O)N2CC3CN(C(=O)CCc4cnccc4C)CC(C2)O3)c1. The number of aromatic nitrogens is 1. The number of rotatable bonds is 7. The van der Waals surface area contributed by atoms with Crippen molar-refractivity contribution < 1.29 is 19.1 Å². The summed E-state index contributed by atoms with van der Waals surface area (Å²) in [5.74, 6) is 0.733. The number of nitrogens with zero attached hydrogens (tertiary/aromatic N) is 4. The molecule has 0 aliphatic carbocycles. The van der Waals surface area contributed by atoms with Crippen molar-refractivity contribution in [2.45, 2.75) is 38.4 Å². The van der Waals surface area contributed by atoms with Gasteiger partial charge in [-0.05, 0) is 65.9 Å². The van der Waals surface area contributed by atoms with E-state index in [2.05, 4.69) is 11.1 Å². The first-order chi connectivity index (χ1) is 18.9. The van der Waals surface area contributed by atoms with Gasteiger partial charge >= 0.3 is 0 Å². The van der Waals surface area contributed by atoms with E-state index in [1.807, 2.05) is 71.5 Å². The highest BCUT2D eigenvalue weighted by atomic mass is 16.5. The number of carbonyl (C=O) groups excluding carboxylic acids is 2. The van der Waals surface area contributed by atoms with Gasteiger partial charge in [0.15, 0.2) is 0 Å². The molecule has 3 aromatic rings. The minimum atomic E-state index is -0.212. The van der Waals surface area contributed by atoms with Gasteiger partial charge in [-0.15, -0.1) is 0 Å². The maximum Gasteiger partial charge on any atom is 0.254 e. The van der Waals surface area contributed by atoms with Crippen LogP contribution in [0.15, 0.2) is 60.9 Å². The third kappa shape index (κ3) is 5.94. The van der Waals surface area contributed by atoms with Crippen molar-refractivity contribution in [3.63, 3.8) is 0 Å². The summed E-state index contributed by atoms with van der Waals surface area (Å²) < 4.78 is 11.7. The quantitative estimate of drug-likeness (QED) is 0.466. The summed E-state index contributed by atoms with van der Waals surface area (Å²) >= 11 is 0. The minimum Gasteiger partial charge on any atom is -0.496 e. The summed E-state index contributed by atoms with van der Waals surface area (Å²) in [5.41, 5.74) is 5.40. The van der Waals surface area contributed by atoms with E-state index in [9.17, 15) is 9.59 Å². The third-order valence-electron chi connectivity index (χ3n) is 7.44. The Kier molecular flexibility index (Phi) is 7.89. The van der Waals surface area contributed by atoms with Crippen molar-refractivity contribution in [2.24, 2.45) is 0 Å². The van der Waals surface area contributed by atoms with Crippen LogP contribution in [0.2, 0.25) is 0 Å². The predicted molar refractivity (Wildman–Crippen MR) is 146 cm³/mol. The molecule has 1 aromatic heterocycles. The smallest absolute Gasteiger partial charge is 0.254 e. The lowest BCUT2D eigenvalue weighted by Gasteiger charge is -2.45. The Balaban J connectivity index is 1.25. The Morgan fingerprint density at radius 2 is 1.85 bits per heavy atom. The summed E-state index contributed by atoms with van der Waals surface area (Å²) in [7, 11) is 1.61. The molecular formula is C31H32N4O4. The van der Waals surface area contributed by atoms with Crippen LogP contribution in [0.3, 0.4) is 0 Å². The Morgan fingerprint density at radius 3 is 2.56 bits per heavy atom. The van der Waals surface area contributed by atoms with E-state index >= 15 is 0 Å². The molecule has 8 nitrogen and oxygen atoms in total. The molecule has 8 heteroatoms. The van der Waals surface area contributed by atoms with E-state index in [1.54, 1.807) is 13.3 Å². The Bertz CT molecular complexity index is 1400. The number of hydrogen-bond acceptors (Lipinski definition) is 6. The molecule has 2 saturated heterocycles. The van der Waals surface area contributed by atoms with Crippen molar-refractivity contribution in [3.8, 4) is 22.9 Å². The number of hydrogen-bond donors (Lipinski definition) is 0. The van der Waals surface area contributed by atoms with Gasteiger partial charge in [0.2, 0.25) is 5.91 Å². The molecule has 2 aromatic carbocycles. The van der Waals surface area contributed by atoms with Crippen LogP contribution in [0.5, 0.6) is 5.75 Å². The van der Waals surface area contributed by atoms with Crippen LogP contribution in [-0.4, -0.2) is 72.1 Å². The van der Waals surface area contributed by atoms with Gasteiger partial charge in [-0.3, -0.25) is 14.6 Å². The number of benzene rings is 2. The van der Waals surface area contributed by atoms with Crippen molar-refractivity contribution in [1.82, 2.24) is 14.8 Å². The maximum atomic E-state index is 13.6. The first-order valence-electron chi connectivity index (χ1n) is 13.2. The molecule has 5 rings (SSSR count). The maximum absolute atomic E-state index is 13.6. The number of ether oxygens (including phenoxy) is 2. The largest absolute Gasteiger partial charge is 0.496 e. The molecule has 2 atom stereocenters. The standard InChI is InChI=1S/C31H32N4O4/c1-21-11-13-33-16-25(21)7-9-30(36)34-17-26-19-35(20-27(18-34)39-26)31(37)24-5-3-4-23(15-24)28-14-22(10-12-32)6-8-29(28)38-2/h3-6,8,11,13-16,26-27H,7,9-10,17-20H2,1-2H3. The van der Waals surface area contributed by atoms with Gasteiger partial charge in [-0.25, -0.2) is 0 Å². The number of amides is 2. The fourth-order valence-corrected chi connectivity index (χ4v) is 5.40.